The fourth-order valence-electron chi connectivity index (χ4n) is 2.32. The van der Waals surface area contributed by atoms with E-state index in [1.165, 1.54) is 11.8 Å². The first kappa shape index (κ1) is 17.7. The van der Waals surface area contributed by atoms with Gasteiger partial charge in [-0.15, -0.1) is 10.2 Å². The lowest BCUT2D eigenvalue weighted by molar-refractivity contribution is -0.115. The Bertz CT molecular complexity index is 923. The van der Waals surface area contributed by atoms with Gasteiger partial charge in [-0.05, 0) is 36.4 Å². The highest BCUT2D eigenvalue weighted by Gasteiger charge is 2.12. The molecule has 2 amide bonds. The van der Waals surface area contributed by atoms with Crippen molar-refractivity contribution in [2.45, 2.75) is 5.16 Å². The van der Waals surface area contributed by atoms with E-state index >= 15 is 0 Å². The molecule has 0 spiro atoms. The molecule has 7 nitrogen and oxygen atoms in total. The molecule has 0 aliphatic carbocycles. The summed E-state index contributed by atoms with van der Waals surface area (Å²) in [5.41, 5.74) is 7.29. The van der Waals surface area contributed by atoms with Crippen molar-refractivity contribution in [1.82, 2.24) is 14.8 Å². The molecule has 0 aliphatic heterocycles. The van der Waals surface area contributed by atoms with Crippen LogP contribution in [0.1, 0.15) is 10.4 Å². The first-order chi connectivity index (χ1) is 12.5. The molecule has 0 fully saturated rings. The third-order valence-electron chi connectivity index (χ3n) is 3.62. The van der Waals surface area contributed by atoms with E-state index in [0.29, 0.717) is 22.2 Å². The predicted octanol–water partition coefficient (Wildman–Crippen LogP) is 2.31. The number of hydrogen-bond donors (Lipinski definition) is 2. The molecule has 132 valence electrons. The van der Waals surface area contributed by atoms with Crippen LogP contribution >= 0.6 is 11.8 Å². The Morgan fingerprint density at radius 1 is 1.08 bits per heavy atom. The number of aromatic nitrogens is 3. The molecule has 0 atom stereocenters. The highest BCUT2D eigenvalue weighted by Crippen LogP contribution is 2.24. The summed E-state index contributed by atoms with van der Waals surface area (Å²) in [6.45, 7) is 0. The van der Waals surface area contributed by atoms with E-state index in [1.807, 2.05) is 37.4 Å². The van der Waals surface area contributed by atoms with Crippen molar-refractivity contribution in [1.29, 1.82) is 0 Å². The number of thioether (sulfide) groups is 1. The molecule has 1 heterocycles. The Labute approximate surface area is 154 Å². The number of primary amides is 1. The van der Waals surface area contributed by atoms with Crippen molar-refractivity contribution in [3.05, 3.63) is 60.2 Å². The van der Waals surface area contributed by atoms with Gasteiger partial charge in [-0.25, -0.2) is 0 Å². The van der Waals surface area contributed by atoms with Gasteiger partial charge in [0, 0.05) is 23.9 Å². The average molecular weight is 367 g/mol. The molecule has 0 unspecified atom stereocenters. The van der Waals surface area contributed by atoms with Gasteiger partial charge in [-0.3, -0.25) is 9.59 Å². The lowest BCUT2D eigenvalue weighted by Gasteiger charge is -2.07. The Morgan fingerprint density at radius 3 is 2.42 bits per heavy atom. The SMILES string of the molecule is Cn1c(SCC(N)=O)nnc1-c1ccc(NC(=O)c2ccccc2)cc1. The van der Waals surface area contributed by atoms with E-state index in [2.05, 4.69) is 15.5 Å². The normalized spacial score (nSPS) is 10.5. The van der Waals surface area contributed by atoms with Crippen LogP contribution in [0.3, 0.4) is 0 Å². The van der Waals surface area contributed by atoms with Gasteiger partial charge in [0.1, 0.15) is 0 Å². The van der Waals surface area contributed by atoms with Crippen LogP contribution in [0.15, 0.2) is 59.8 Å². The molecule has 0 bridgehead atoms. The minimum Gasteiger partial charge on any atom is -0.369 e. The van der Waals surface area contributed by atoms with Crippen LogP contribution in [0.5, 0.6) is 0 Å². The van der Waals surface area contributed by atoms with Crippen molar-refractivity contribution >= 4 is 29.3 Å². The zero-order valence-corrected chi connectivity index (χ0v) is 14.9. The molecule has 1 aromatic heterocycles. The number of nitrogens with one attached hydrogen (secondary N) is 1. The second-order valence-electron chi connectivity index (χ2n) is 5.52. The molecule has 0 saturated heterocycles. The van der Waals surface area contributed by atoms with E-state index in [1.54, 1.807) is 28.8 Å². The molecule has 2 aromatic carbocycles. The summed E-state index contributed by atoms with van der Waals surface area (Å²) in [7, 11) is 1.82. The van der Waals surface area contributed by atoms with Gasteiger partial charge in [-0.1, -0.05) is 30.0 Å². The maximum absolute atomic E-state index is 12.2. The zero-order chi connectivity index (χ0) is 18.5. The van der Waals surface area contributed by atoms with Gasteiger partial charge in [-0.2, -0.15) is 0 Å². The average Bonchev–Trinajstić information content (AvgIpc) is 3.02. The number of hydrogen-bond acceptors (Lipinski definition) is 5. The fourth-order valence-corrected chi connectivity index (χ4v) is 2.97. The highest BCUT2D eigenvalue weighted by molar-refractivity contribution is 7.99. The number of rotatable bonds is 6. The zero-order valence-electron chi connectivity index (χ0n) is 14.0. The van der Waals surface area contributed by atoms with E-state index < -0.39 is 5.91 Å². The third-order valence-corrected chi connectivity index (χ3v) is 4.66. The van der Waals surface area contributed by atoms with Crippen molar-refractivity contribution in [2.24, 2.45) is 12.8 Å². The Hall–Kier alpha value is -3.13. The van der Waals surface area contributed by atoms with Crippen molar-refractivity contribution in [3.8, 4) is 11.4 Å². The van der Waals surface area contributed by atoms with Gasteiger partial charge in [0.25, 0.3) is 5.91 Å². The van der Waals surface area contributed by atoms with Crippen LogP contribution in [0.4, 0.5) is 5.69 Å². The fraction of sp³-hybridized carbons (Fsp3) is 0.111. The van der Waals surface area contributed by atoms with Crippen LogP contribution in [-0.2, 0) is 11.8 Å². The summed E-state index contributed by atoms with van der Waals surface area (Å²) in [4.78, 5) is 23.1. The minimum absolute atomic E-state index is 0.149. The van der Waals surface area contributed by atoms with Gasteiger partial charge in [0.15, 0.2) is 11.0 Å². The van der Waals surface area contributed by atoms with E-state index in [9.17, 15) is 9.59 Å². The maximum Gasteiger partial charge on any atom is 0.255 e. The number of nitrogens with two attached hydrogens (primary N) is 1. The number of carbonyl (C=O) groups excluding carboxylic acids is 2. The molecular weight excluding hydrogens is 350 g/mol. The summed E-state index contributed by atoms with van der Waals surface area (Å²) >= 11 is 1.24. The standard InChI is InChI=1S/C18H17N5O2S/c1-23-16(21-22-18(23)26-11-15(19)24)12-7-9-14(10-8-12)20-17(25)13-5-3-2-4-6-13/h2-10H,11H2,1H3,(H2,19,24)(H,20,25). The van der Waals surface area contributed by atoms with E-state index in [-0.39, 0.29) is 11.7 Å². The summed E-state index contributed by atoms with van der Waals surface area (Å²) in [5.74, 6) is 0.245. The molecule has 0 radical (unpaired) electrons. The topological polar surface area (TPSA) is 103 Å². The van der Waals surface area contributed by atoms with Crippen LogP contribution in [0.2, 0.25) is 0 Å². The molecule has 26 heavy (non-hydrogen) atoms. The Kier molecular flexibility index (Phi) is 5.33. The number of benzene rings is 2. The smallest absolute Gasteiger partial charge is 0.255 e. The molecular formula is C18H17N5O2S. The maximum atomic E-state index is 12.2. The van der Waals surface area contributed by atoms with E-state index in [0.717, 1.165) is 5.56 Å². The molecule has 0 aliphatic rings. The van der Waals surface area contributed by atoms with Crippen molar-refractivity contribution < 1.29 is 9.59 Å². The second-order valence-corrected chi connectivity index (χ2v) is 6.46. The molecule has 8 heteroatoms. The lowest BCUT2D eigenvalue weighted by Crippen LogP contribution is -2.13. The van der Waals surface area contributed by atoms with Crippen LogP contribution in [-0.4, -0.2) is 32.3 Å². The quantitative estimate of drug-likeness (QED) is 0.651. The summed E-state index contributed by atoms with van der Waals surface area (Å²) in [6, 6.07) is 16.3. The number of anilines is 1. The number of amides is 2. The third kappa shape index (κ3) is 4.09. The van der Waals surface area contributed by atoms with Gasteiger partial charge >= 0.3 is 0 Å². The van der Waals surface area contributed by atoms with Crippen LogP contribution < -0.4 is 11.1 Å². The predicted molar refractivity (Wildman–Crippen MR) is 101 cm³/mol. The first-order valence-electron chi connectivity index (χ1n) is 7.82. The number of carbonyl (C=O) groups is 2. The summed E-state index contributed by atoms with van der Waals surface area (Å²) in [5, 5.41) is 11.7. The molecule has 3 aromatic rings. The van der Waals surface area contributed by atoms with Crippen LogP contribution in [0, 0.1) is 0 Å². The van der Waals surface area contributed by atoms with Crippen molar-refractivity contribution in [3.63, 3.8) is 0 Å². The Balaban J connectivity index is 1.72. The summed E-state index contributed by atoms with van der Waals surface area (Å²) < 4.78 is 1.80. The Morgan fingerprint density at radius 2 is 1.77 bits per heavy atom. The lowest BCUT2D eigenvalue weighted by atomic mass is 10.1. The second kappa shape index (κ2) is 7.83. The highest BCUT2D eigenvalue weighted by atomic mass is 32.2. The summed E-state index contributed by atoms with van der Waals surface area (Å²) in [6.07, 6.45) is 0. The van der Waals surface area contributed by atoms with Gasteiger partial charge in [0.05, 0.1) is 5.75 Å². The molecule has 3 N–H and O–H groups in total. The van der Waals surface area contributed by atoms with Crippen molar-refractivity contribution in [2.75, 3.05) is 11.1 Å². The molecule has 0 saturated carbocycles. The molecule has 3 rings (SSSR count). The minimum atomic E-state index is -0.405. The van der Waals surface area contributed by atoms with Crippen LogP contribution in [0.25, 0.3) is 11.4 Å². The largest absolute Gasteiger partial charge is 0.369 e. The van der Waals surface area contributed by atoms with Gasteiger partial charge in [0.2, 0.25) is 5.91 Å². The van der Waals surface area contributed by atoms with E-state index in [4.69, 9.17) is 5.73 Å². The monoisotopic (exact) mass is 367 g/mol. The number of nitrogens with zero attached hydrogens (tertiary/aromatic N) is 3. The first-order valence-corrected chi connectivity index (χ1v) is 8.80. The van der Waals surface area contributed by atoms with Gasteiger partial charge < -0.3 is 15.6 Å².